The summed E-state index contributed by atoms with van der Waals surface area (Å²) in [6.45, 7) is 4.84. The molecule has 0 bridgehead atoms. The van der Waals surface area contributed by atoms with E-state index in [1.807, 2.05) is 0 Å². The monoisotopic (exact) mass is 490 g/mol. The van der Waals surface area contributed by atoms with Gasteiger partial charge >= 0.3 is 11.9 Å². The molecule has 0 amide bonds. The molecule has 0 aliphatic heterocycles. The SMILES string of the molecule is CCCCCCOc1ccc(C(=O)Oc2ccc(N=Nc3ccc(C(=O)OCC)cc3)c(O)c2)cc1. The number of hydrogen-bond donors (Lipinski definition) is 1. The van der Waals surface area contributed by atoms with Gasteiger partial charge in [-0.25, -0.2) is 9.59 Å². The van der Waals surface area contributed by atoms with Crippen LogP contribution >= 0.6 is 0 Å². The summed E-state index contributed by atoms with van der Waals surface area (Å²) in [4.78, 5) is 24.2. The third kappa shape index (κ3) is 7.94. The second-order valence-electron chi connectivity index (χ2n) is 7.94. The number of esters is 2. The zero-order valence-electron chi connectivity index (χ0n) is 20.5. The number of carbonyl (C=O) groups excluding carboxylic acids is 2. The molecule has 0 aliphatic rings. The van der Waals surface area contributed by atoms with E-state index in [0.717, 1.165) is 12.8 Å². The lowest BCUT2D eigenvalue weighted by Crippen LogP contribution is -2.08. The van der Waals surface area contributed by atoms with Gasteiger partial charge in [0.15, 0.2) is 0 Å². The highest BCUT2D eigenvalue weighted by Crippen LogP contribution is 2.32. The van der Waals surface area contributed by atoms with Crippen molar-refractivity contribution in [3.05, 3.63) is 77.9 Å². The molecule has 0 atom stereocenters. The molecule has 0 aliphatic carbocycles. The summed E-state index contributed by atoms with van der Waals surface area (Å²) in [5.41, 5.74) is 1.47. The molecule has 3 rings (SSSR count). The van der Waals surface area contributed by atoms with Gasteiger partial charge in [-0.1, -0.05) is 26.2 Å². The zero-order valence-corrected chi connectivity index (χ0v) is 20.5. The minimum Gasteiger partial charge on any atom is -0.505 e. The van der Waals surface area contributed by atoms with Gasteiger partial charge in [-0.2, -0.15) is 5.11 Å². The predicted octanol–water partition coefficient (Wildman–Crippen LogP) is 7.16. The van der Waals surface area contributed by atoms with Crippen LogP contribution in [-0.4, -0.2) is 30.3 Å². The molecule has 0 heterocycles. The number of rotatable bonds is 12. The molecule has 0 saturated heterocycles. The second-order valence-corrected chi connectivity index (χ2v) is 7.94. The summed E-state index contributed by atoms with van der Waals surface area (Å²) in [5, 5.41) is 18.4. The molecule has 0 radical (unpaired) electrons. The topological polar surface area (TPSA) is 107 Å². The number of phenols is 1. The molecule has 0 saturated carbocycles. The van der Waals surface area contributed by atoms with Crippen LogP contribution in [-0.2, 0) is 4.74 Å². The normalized spacial score (nSPS) is 10.8. The minimum absolute atomic E-state index is 0.173. The summed E-state index contributed by atoms with van der Waals surface area (Å²) in [7, 11) is 0. The van der Waals surface area contributed by atoms with E-state index >= 15 is 0 Å². The van der Waals surface area contributed by atoms with Crippen LogP contribution in [0.15, 0.2) is 77.0 Å². The van der Waals surface area contributed by atoms with Gasteiger partial charge in [0.2, 0.25) is 0 Å². The number of hydrogen-bond acceptors (Lipinski definition) is 8. The maximum atomic E-state index is 12.5. The van der Waals surface area contributed by atoms with E-state index in [0.29, 0.717) is 35.8 Å². The zero-order chi connectivity index (χ0) is 25.8. The minimum atomic E-state index is -0.556. The Balaban J connectivity index is 1.55. The van der Waals surface area contributed by atoms with Gasteiger partial charge in [0, 0.05) is 6.07 Å². The summed E-state index contributed by atoms with van der Waals surface area (Å²) in [5.74, 6) is -0.290. The molecule has 36 heavy (non-hydrogen) atoms. The van der Waals surface area contributed by atoms with E-state index < -0.39 is 11.9 Å². The highest BCUT2D eigenvalue weighted by Gasteiger charge is 2.11. The quantitative estimate of drug-likeness (QED) is 0.125. The summed E-state index contributed by atoms with van der Waals surface area (Å²) in [6.07, 6.45) is 4.51. The van der Waals surface area contributed by atoms with Crippen LogP contribution in [0.2, 0.25) is 0 Å². The summed E-state index contributed by atoms with van der Waals surface area (Å²) < 4.78 is 16.0. The van der Waals surface area contributed by atoms with Crippen molar-refractivity contribution >= 4 is 23.3 Å². The smallest absolute Gasteiger partial charge is 0.343 e. The lowest BCUT2D eigenvalue weighted by molar-refractivity contribution is 0.0526. The molecule has 3 aromatic carbocycles. The van der Waals surface area contributed by atoms with Crippen molar-refractivity contribution in [1.82, 2.24) is 0 Å². The van der Waals surface area contributed by atoms with Gasteiger partial charge in [-0.15, -0.1) is 5.11 Å². The maximum absolute atomic E-state index is 12.5. The number of unbranched alkanes of at least 4 members (excludes halogenated alkanes) is 3. The van der Waals surface area contributed by atoms with E-state index in [2.05, 4.69) is 17.2 Å². The lowest BCUT2D eigenvalue weighted by atomic mass is 10.2. The van der Waals surface area contributed by atoms with Crippen LogP contribution in [0.1, 0.15) is 60.2 Å². The van der Waals surface area contributed by atoms with Crippen LogP contribution < -0.4 is 9.47 Å². The number of azo groups is 1. The molecule has 8 heteroatoms. The molecule has 0 aromatic heterocycles. The first-order valence-corrected chi connectivity index (χ1v) is 12.0. The molecule has 0 unspecified atom stereocenters. The number of aromatic hydroxyl groups is 1. The number of ether oxygens (including phenoxy) is 3. The van der Waals surface area contributed by atoms with Gasteiger partial charge in [0.05, 0.1) is 30.0 Å². The van der Waals surface area contributed by atoms with E-state index in [1.54, 1.807) is 55.5 Å². The molecular weight excluding hydrogens is 460 g/mol. The molecule has 0 spiro atoms. The van der Waals surface area contributed by atoms with Gasteiger partial charge in [0.25, 0.3) is 0 Å². The van der Waals surface area contributed by atoms with Crippen molar-refractivity contribution < 1.29 is 28.9 Å². The Hall–Kier alpha value is -4.20. The number of phenolic OH excluding ortho intramolecular Hbond substituents is 1. The van der Waals surface area contributed by atoms with Gasteiger partial charge in [-0.05, 0) is 74.0 Å². The Labute approximate surface area is 210 Å². The largest absolute Gasteiger partial charge is 0.505 e. The molecule has 8 nitrogen and oxygen atoms in total. The van der Waals surface area contributed by atoms with E-state index in [4.69, 9.17) is 14.2 Å². The molecular formula is C28H30N2O6. The van der Waals surface area contributed by atoms with Gasteiger partial charge in [0.1, 0.15) is 22.9 Å². The van der Waals surface area contributed by atoms with Gasteiger partial charge in [-0.3, -0.25) is 0 Å². The first-order valence-electron chi connectivity index (χ1n) is 12.0. The Bertz CT molecular complexity index is 1170. The molecule has 3 aromatic rings. The van der Waals surface area contributed by atoms with Crippen molar-refractivity contribution in [2.75, 3.05) is 13.2 Å². The Morgan fingerprint density at radius 1 is 0.778 bits per heavy atom. The third-order valence-corrected chi connectivity index (χ3v) is 5.17. The van der Waals surface area contributed by atoms with Crippen molar-refractivity contribution in [2.45, 2.75) is 39.5 Å². The van der Waals surface area contributed by atoms with E-state index in [1.165, 1.54) is 31.0 Å². The van der Waals surface area contributed by atoms with Crippen molar-refractivity contribution in [1.29, 1.82) is 0 Å². The Morgan fingerprint density at radius 2 is 1.44 bits per heavy atom. The molecule has 188 valence electrons. The van der Waals surface area contributed by atoms with E-state index in [9.17, 15) is 14.7 Å². The highest BCUT2D eigenvalue weighted by molar-refractivity contribution is 5.91. The van der Waals surface area contributed by atoms with Crippen molar-refractivity contribution in [2.24, 2.45) is 10.2 Å². The Morgan fingerprint density at radius 3 is 2.11 bits per heavy atom. The number of benzene rings is 3. The predicted molar refractivity (Wildman–Crippen MR) is 136 cm³/mol. The fourth-order valence-electron chi connectivity index (χ4n) is 3.21. The van der Waals surface area contributed by atoms with Crippen LogP contribution in [0.5, 0.6) is 17.2 Å². The van der Waals surface area contributed by atoms with Crippen LogP contribution in [0.3, 0.4) is 0 Å². The first kappa shape index (κ1) is 26.4. The standard InChI is InChI=1S/C28H30N2O6/c1-3-5-6-7-18-35-23-14-10-21(11-15-23)28(33)36-24-16-17-25(26(31)19-24)30-29-22-12-8-20(9-13-22)27(32)34-4-2/h8-17,19,31H,3-7,18H2,1-2H3. The molecule has 1 N–H and O–H groups in total. The lowest BCUT2D eigenvalue weighted by Gasteiger charge is -2.08. The fourth-order valence-corrected chi connectivity index (χ4v) is 3.21. The average molecular weight is 491 g/mol. The average Bonchev–Trinajstić information content (AvgIpc) is 2.89. The highest BCUT2D eigenvalue weighted by atomic mass is 16.5. The van der Waals surface area contributed by atoms with Crippen molar-refractivity contribution in [3.63, 3.8) is 0 Å². The summed E-state index contributed by atoms with van der Waals surface area (Å²) in [6, 6.07) is 17.4. The van der Waals surface area contributed by atoms with E-state index in [-0.39, 0.29) is 17.2 Å². The third-order valence-electron chi connectivity index (χ3n) is 5.17. The summed E-state index contributed by atoms with van der Waals surface area (Å²) >= 11 is 0. The van der Waals surface area contributed by atoms with Crippen LogP contribution in [0.4, 0.5) is 11.4 Å². The van der Waals surface area contributed by atoms with Crippen molar-refractivity contribution in [3.8, 4) is 17.2 Å². The van der Waals surface area contributed by atoms with Crippen LogP contribution in [0.25, 0.3) is 0 Å². The second kappa shape index (κ2) is 13.6. The van der Waals surface area contributed by atoms with Crippen LogP contribution in [0, 0.1) is 0 Å². The molecule has 0 fully saturated rings. The van der Waals surface area contributed by atoms with Gasteiger partial charge < -0.3 is 19.3 Å². The number of carbonyl (C=O) groups is 2. The fraction of sp³-hybridized carbons (Fsp3) is 0.286. The number of nitrogens with zero attached hydrogens (tertiary/aromatic N) is 2. The first-order chi connectivity index (χ1) is 17.5. The Kier molecular flexibility index (Phi) is 10.00. The maximum Gasteiger partial charge on any atom is 0.343 e.